The standard InChI is InChI=1S/C21H24N4O3/c1-23-18-4-2-3-5-19(18)25(21(23)27)15-20(26)22-17-8-6-16(7-9-17)14-24-10-12-28-13-11-24/h2-9H,10-15H2,1H3,(H,22,26). The van der Waals surface area contributed by atoms with Crippen LogP contribution in [0.5, 0.6) is 0 Å². The van der Waals surface area contributed by atoms with E-state index in [0.29, 0.717) is 0 Å². The topological polar surface area (TPSA) is 68.5 Å². The van der Waals surface area contributed by atoms with Crippen molar-refractivity contribution in [1.29, 1.82) is 0 Å². The second-order valence-corrected chi connectivity index (χ2v) is 7.05. The van der Waals surface area contributed by atoms with Crippen LogP contribution in [-0.2, 0) is 29.7 Å². The molecule has 1 saturated heterocycles. The molecule has 146 valence electrons. The molecule has 0 aliphatic carbocycles. The van der Waals surface area contributed by atoms with Crippen LogP contribution in [0.2, 0.25) is 0 Å². The summed E-state index contributed by atoms with van der Waals surface area (Å²) < 4.78 is 8.43. The Morgan fingerprint density at radius 3 is 2.43 bits per heavy atom. The average molecular weight is 380 g/mol. The minimum Gasteiger partial charge on any atom is -0.379 e. The smallest absolute Gasteiger partial charge is 0.329 e. The summed E-state index contributed by atoms with van der Waals surface area (Å²) in [6.45, 7) is 4.30. The molecule has 7 nitrogen and oxygen atoms in total. The normalized spacial score (nSPS) is 15.0. The molecule has 0 bridgehead atoms. The van der Waals surface area contributed by atoms with Crippen LogP contribution in [-0.4, -0.2) is 46.2 Å². The summed E-state index contributed by atoms with van der Waals surface area (Å²) in [4.78, 5) is 27.3. The van der Waals surface area contributed by atoms with Crippen LogP contribution >= 0.6 is 0 Å². The summed E-state index contributed by atoms with van der Waals surface area (Å²) in [5.41, 5.74) is 3.30. The molecule has 28 heavy (non-hydrogen) atoms. The number of para-hydroxylation sites is 2. The summed E-state index contributed by atoms with van der Waals surface area (Å²) >= 11 is 0. The lowest BCUT2D eigenvalue weighted by atomic mass is 10.2. The molecular formula is C21H24N4O3. The van der Waals surface area contributed by atoms with Crippen LogP contribution < -0.4 is 11.0 Å². The third-order valence-corrected chi connectivity index (χ3v) is 5.10. The van der Waals surface area contributed by atoms with E-state index < -0.39 is 0 Å². The summed E-state index contributed by atoms with van der Waals surface area (Å²) in [6.07, 6.45) is 0. The lowest BCUT2D eigenvalue weighted by Gasteiger charge is -2.26. The number of carbonyl (C=O) groups is 1. The van der Waals surface area contributed by atoms with Crippen LogP contribution in [0, 0.1) is 0 Å². The van der Waals surface area contributed by atoms with Gasteiger partial charge >= 0.3 is 5.69 Å². The van der Waals surface area contributed by atoms with Gasteiger partial charge < -0.3 is 10.1 Å². The van der Waals surface area contributed by atoms with Crippen LogP contribution in [0.3, 0.4) is 0 Å². The van der Waals surface area contributed by atoms with Gasteiger partial charge in [0.25, 0.3) is 0 Å². The van der Waals surface area contributed by atoms with Gasteiger partial charge in [-0.1, -0.05) is 24.3 Å². The summed E-state index contributed by atoms with van der Waals surface area (Å²) in [6, 6.07) is 15.3. The van der Waals surface area contributed by atoms with Crippen molar-refractivity contribution in [2.24, 2.45) is 7.05 Å². The second-order valence-electron chi connectivity index (χ2n) is 7.05. The average Bonchev–Trinajstić information content (AvgIpc) is 2.95. The highest BCUT2D eigenvalue weighted by Gasteiger charge is 2.14. The van der Waals surface area contributed by atoms with Crippen molar-refractivity contribution in [2.45, 2.75) is 13.1 Å². The van der Waals surface area contributed by atoms with Crippen molar-refractivity contribution >= 4 is 22.6 Å². The molecule has 7 heteroatoms. The molecule has 0 unspecified atom stereocenters. The number of ether oxygens (including phenoxy) is 1. The van der Waals surface area contributed by atoms with Gasteiger partial charge in [-0.2, -0.15) is 0 Å². The molecular weight excluding hydrogens is 356 g/mol. The van der Waals surface area contributed by atoms with Crippen LogP contribution in [0.25, 0.3) is 11.0 Å². The Hall–Kier alpha value is -2.90. The lowest BCUT2D eigenvalue weighted by Crippen LogP contribution is -2.35. The highest BCUT2D eigenvalue weighted by Crippen LogP contribution is 2.14. The van der Waals surface area contributed by atoms with Crippen molar-refractivity contribution in [1.82, 2.24) is 14.0 Å². The number of imidazole rings is 1. The van der Waals surface area contributed by atoms with Gasteiger partial charge in [0.05, 0.1) is 24.2 Å². The quantitative estimate of drug-likeness (QED) is 0.733. The number of carbonyl (C=O) groups excluding carboxylic acids is 1. The highest BCUT2D eigenvalue weighted by atomic mass is 16.5. The zero-order chi connectivity index (χ0) is 19.5. The molecule has 0 saturated carbocycles. The highest BCUT2D eigenvalue weighted by molar-refractivity contribution is 5.91. The fraction of sp³-hybridized carbons (Fsp3) is 0.333. The number of amides is 1. The molecule has 2 aromatic carbocycles. The van der Waals surface area contributed by atoms with Gasteiger partial charge in [0.15, 0.2) is 0 Å². The minimum absolute atomic E-state index is 0.0181. The van der Waals surface area contributed by atoms with E-state index in [1.807, 2.05) is 48.5 Å². The molecule has 0 radical (unpaired) electrons. The summed E-state index contributed by atoms with van der Waals surface area (Å²) in [5, 5.41) is 2.88. The van der Waals surface area contributed by atoms with E-state index in [4.69, 9.17) is 4.74 Å². The summed E-state index contributed by atoms with van der Waals surface area (Å²) in [5.74, 6) is -0.223. The number of nitrogens with one attached hydrogen (secondary N) is 1. The monoisotopic (exact) mass is 380 g/mol. The van der Waals surface area contributed by atoms with Gasteiger partial charge in [0.1, 0.15) is 6.54 Å². The van der Waals surface area contributed by atoms with Crippen molar-refractivity contribution in [3.63, 3.8) is 0 Å². The van der Waals surface area contributed by atoms with Gasteiger partial charge in [-0.05, 0) is 29.8 Å². The van der Waals surface area contributed by atoms with E-state index in [9.17, 15) is 9.59 Å². The number of anilines is 1. The zero-order valence-electron chi connectivity index (χ0n) is 15.9. The van der Waals surface area contributed by atoms with Crippen molar-refractivity contribution in [3.05, 3.63) is 64.6 Å². The number of nitrogens with zero attached hydrogens (tertiary/aromatic N) is 3. The van der Waals surface area contributed by atoms with E-state index in [1.54, 1.807) is 11.6 Å². The number of aryl methyl sites for hydroxylation is 1. The predicted octanol–water partition coefficient (Wildman–Crippen LogP) is 1.81. The van der Waals surface area contributed by atoms with E-state index in [2.05, 4.69) is 10.2 Å². The van der Waals surface area contributed by atoms with Gasteiger partial charge in [-0.3, -0.25) is 18.8 Å². The first-order valence-corrected chi connectivity index (χ1v) is 9.45. The molecule has 4 rings (SSSR count). The molecule has 2 heterocycles. The first kappa shape index (κ1) is 18.5. The van der Waals surface area contributed by atoms with Crippen molar-refractivity contribution in [3.8, 4) is 0 Å². The lowest BCUT2D eigenvalue weighted by molar-refractivity contribution is -0.116. The first-order valence-electron chi connectivity index (χ1n) is 9.45. The molecule has 1 fully saturated rings. The molecule has 0 spiro atoms. The number of morpholine rings is 1. The molecule has 3 aromatic rings. The third-order valence-electron chi connectivity index (χ3n) is 5.10. The van der Waals surface area contributed by atoms with Crippen molar-refractivity contribution in [2.75, 3.05) is 31.6 Å². The number of benzene rings is 2. The largest absolute Gasteiger partial charge is 0.379 e. The Labute approximate surface area is 163 Å². The van der Waals surface area contributed by atoms with Gasteiger partial charge in [-0.25, -0.2) is 4.79 Å². The van der Waals surface area contributed by atoms with Crippen molar-refractivity contribution < 1.29 is 9.53 Å². The van der Waals surface area contributed by atoms with Gasteiger partial charge in [-0.15, -0.1) is 0 Å². The number of hydrogen-bond donors (Lipinski definition) is 1. The maximum atomic E-state index is 12.5. The molecule has 1 aromatic heterocycles. The molecule has 1 N–H and O–H groups in total. The summed E-state index contributed by atoms with van der Waals surface area (Å²) in [7, 11) is 1.71. The Balaban J connectivity index is 1.41. The van der Waals surface area contributed by atoms with E-state index in [1.165, 1.54) is 10.1 Å². The third kappa shape index (κ3) is 3.85. The molecule has 1 aliphatic heterocycles. The van der Waals surface area contributed by atoms with Crippen LogP contribution in [0.1, 0.15) is 5.56 Å². The first-order chi connectivity index (χ1) is 13.6. The van der Waals surface area contributed by atoms with Gasteiger partial charge in [0.2, 0.25) is 5.91 Å². The van der Waals surface area contributed by atoms with E-state index in [0.717, 1.165) is 49.6 Å². The maximum absolute atomic E-state index is 12.5. The molecule has 1 amide bonds. The van der Waals surface area contributed by atoms with Gasteiger partial charge in [0, 0.05) is 32.4 Å². The Bertz CT molecular complexity index is 1030. The zero-order valence-corrected chi connectivity index (χ0v) is 15.9. The Morgan fingerprint density at radius 2 is 1.71 bits per heavy atom. The van der Waals surface area contributed by atoms with Crippen LogP contribution in [0.15, 0.2) is 53.3 Å². The van der Waals surface area contributed by atoms with Crippen LogP contribution in [0.4, 0.5) is 5.69 Å². The predicted molar refractivity (Wildman–Crippen MR) is 108 cm³/mol. The fourth-order valence-corrected chi connectivity index (χ4v) is 3.57. The number of hydrogen-bond acceptors (Lipinski definition) is 4. The number of rotatable bonds is 5. The van der Waals surface area contributed by atoms with E-state index >= 15 is 0 Å². The number of aromatic nitrogens is 2. The SMILES string of the molecule is Cn1c(=O)n(CC(=O)Nc2ccc(CN3CCOCC3)cc2)c2ccccc21. The molecule has 0 atom stereocenters. The molecule has 1 aliphatic rings. The number of fused-ring (bicyclic) bond motifs is 1. The maximum Gasteiger partial charge on any atom is 0.329 e. The second kappa shape index (κ2) is 8.00. The minimum atomic E-state index is -0.223. The van der Waals surface area contributed by atoms with E-state index in [-0.39, 0.29) is 18.1 Å². The Kier molecular flexibility index (Phi) is 5.27. The fourth-order valence-electron chi connectivity index (χ4n) is 3.57. The Morgan fingerprint density at radius 1 is 1.04 bits per heavy atom.